The SMILES string of the molecule is COCCC1(CNC(=O)NCC2(O)CCCCCC2)CCCC1. The standard InChI is InChI=1S/C18H34N2O3/c1-23-13-12-17(8-6-7-9-17)14-19-16(21)20-15-18(22)10-4-2-3-5-11-18/h22H,2-15H2,1H3,(H2,19,20,21). The fourth-order valence-electron chi connectivity index (χ4n) is 4.10. The van der Waals surface area contributed by atoms with Gasteiger partial charge in [-0.15, -0.1) is 0 Å². The molecule has 3 N–H and O–H groups in total. The number of methoxy groups -OCH3 is 1. The molecule has 0 atom stereocenters. The minimum absolute atomic E-state index is 0.147. The Balaban J connectivity index is 1.73. The van der Waals surface area contributed by atoms with Gasteiger partial charge < -0.3 is 20.5 Å². The lowest BCUT2D eigenvalue weighted by Gasteiger charge is -2.30. The first-order chi connectivity index (χ1) is 11.1. The number of nitrogens with one attached hydrogen (secondary N) is 2. The van der Waals surface area contributed by atoms with E-state index in [0.717, 1.165) is 38.7 Å². The van der Waals surface area contributed by atoms with Crippen molar-refractivity contribution < 1.29 is 14.6 Å². The lowest BCUT2D eigenvalue weighted by atomic mass is 9.83. The molecule has 5 heteroatoms. The quantitative estimate of drug-likeness (QED) is 0.630. The molecule has 23 heavy (non-hydrogen) atoms. The minimum atomic E-state index is -0.713. The molecule has 2 saturated carbocycles. The number of aliphatic hydroxyl groups is 1. The summed E-state index contributed by atoms with van der Waals surface area (Å²) < 4.78 is 5.23. The number of urea groups is 1. The van der Waals surface area contributed by atoms with Crippen molar-refractivity contribution in [1.29, 1.82) is 0 Å². The first-order valence-corrected chi connectivity index (χ1v) is 9.31. The first-order valence-electron chi connectivity index (χ1n) is 9.31. The predicted octanol–water partition coefficient (Wildman–Crippen LogP) is 2.97. The summed E-state index contributed by atoms with van der Waals surface area (Å²) in [6.45, 7) is 1.83. The summed E-state index contributed by atoms with van der Waals surface area (Å²) in [4.78, 5) is 12.1. The third-order valence-corrected chi connectivity index (χ3v) is 5.74. The predicted molar refractivity (Wildman–Crippen MR) is 91.4 cm³/mol. The van der Waals surface area contributed by atoms with E-state index in [2.05, 4.69) is 10.6 Å². The van der Waals surface area contributed by atoms with Gasteiger partial charge in [-0.05, 0) is 37.5 Å². The highest BCUT2D eigenvalue weighted by Gasteiger charge is 2.34. The fraction of sp³-hybridized carbons (Fsp3) is 0.944. The third-order valence-electron chi connectivity index (χ3n) is 5.74. The molecule has 0 radical (unpaired) electrons. The van der Waals surface area contributed by atoms with Crippen molar-refractivity contribution in [2.24, 2.45) is 5.41 Å². The first kappa shape index (κ1) is 18.5. The Morgan fingerprint density at radius 3 is 2.13 bits per heavy atom. The number of rotatable bonds is 7. The summed E-state index contributed by atoms with van der Waals surface area (Å²) in [5.41, 5.74) is -0.512. The number of hydrogen-bond donors (Lipinski definition) is 3. The van der Waals surface area contributed by atoms with E-state index in [4.69, 9.17) is 4.74 Å². The van der Waals surface area contributed by atoms with E-state index in [9.17, 15) is 9.90 Å². The Hall–Kier alpha value is -0.810. The largest absolute Gasteiger partial charge is 0.388 e. The molecule has 0 aromatic rings. The number of amides is 2. The van der Waals surface area contributed by atoms with Crippen molar-refractivity contribution >= 4 is 6.03 Å². The molecule has 0 spiro atoms. The molecule has 2 aliphatic rings. The van der Waals surface area contributed by atoms with Crippen LogP contribution in [0.2, 0.25) is 0 Å². The molecular weight excluding hydrogens is 292 g/mol. The van der Waals surface area contributed by atoms with Gasteiger partial charge in [0.15, 0.2) is 0 Å². The van der Waals surface area contributed by atoms with Crippen LogP contribution in [0, 0.1) is 5.41 Å². The van der Waals surface area contributed by atoms with E-state index < -0.39 is 5.60 Å². The van der Waals surface area contributed by atoms with Gasteiger partial charge in [-0.25, -0.2) is 4.79 Å². The minimum Gasteiger partial charge on any atom is -0.388 e. The second-order valence-electron chi connectivity index (χ2n) is 7.62. The summed E-state index contributed by atoms with van der Waals surface area (Å²) in [5.74, 6) is 0. The van der Waals surface area contributed by atoms with E-state index in [0.29, 0.717) is 13.1 Å². The molecular formula is C18H34N2O3. The molecule has 2 rings (SSSR count). The van der Waals surface area contributed by atoms with Crippen LogP contribution in [-0.2, 0) is 4.74 Å². The highest BCUT2D eigenvalue weighted by Crippen LogP contribution is 2.40. The van der Waals surface area contributed by atoms with Crippen molar-refractivity contribution in [2.75, 3.05) is 26.8 Å². The summed E-state index contributed by atoms with van der Waals surface area (Å²) in [7, 11) is 1.73. The molecule has 0 aliphatic heterocycles. The van der Waals surface area contributed by atoms with Gasteiger partial charge in [-0.2, -0.15) is 0 Å². The topological polar surface area (TPSA) is 70.6 Å². The van der Waals surface area contributed by atoms with Crippen LogP contribution in [0.5, 0.6) is 0 Å². The van der Waals surface area contributed by atoms with Gasteiger partial charge in [0.25, 0.3) is 0 Å². The van der Waals surface area contributed by atoms with Gasteiger partial charge in [0.2, 0.25) is 0 Å². The molecule has 134 valence electrons. The van der Waals surface area contributed by atoms with Gasteiger partial charge in [0, 0.05) is 26.8 Å². The molecule has 2 fully saturated rings. The van der Waals surface area contributed by atoms with Gasteiger partial charge >= 0.3 is 6.03 Å². The lowest BCUT2D eigenvalue weighted by Crippen LogP contribution is -2.48. The molecule has 2 aliphatic carbocycles. The van der Waals surface area contributed by atoms with Crippen LogP contribution in [0.25, 0.3) is 0 Å². The lowest BCUT2D eigenvalue weighted by molar-refractivity contribution is 0.0275. The van der Waals surface area contributed by atoms with Crippen LogP contribution >= 0.6 is 0 Å². The average Bonchev–Trinajstić information content (AvgIpc) is 2.91. The van der Waals surface area contributed by atoms with Crippen LogP contribution in [0.4, 0.5) is 4.79 Å². The maximum atomic E-state index is 12.1. The van der Waals surface area contributed by atoms with Gasteiger partial charge in [0.05, 0.1) is 5.60 Å². The van der Waals surface area contributed by atoms with Crippen molar-refractivity contribution in [3.05, 3.63) is 0 Å². The van der Waals surface area contributed by atoms with E-state index in [1.54, 1.807) is 7.11 Å². The maximum Gasteiger partial charge on any atom is 0.314 e. The zero-order valence-electron chi connectivity index (χ0n) is 14.7. The number of hydrogen-bond acceptors (Lipinski definition) is 3. The Bertz CT molecular complexity index is 359. The Morgan fingerprint density at radius 2 is 1.52 bits per heavy atom. The third kappa shape index (κ3) is 5.96. The summed E-state index contributed by atoms with van der Waals surface area (Å²) >= 11 is 0. The monoisotopic (exact) mass is 326 g/mol. The zero-order chi connectivity index (χ0) is 16.6. The molecule has 0 unspecified atom stereocenters. The van der Waals surface area contributed by atoms with Crippen LogP contribution in [0.3, 0.4) is 0 Å². The summed E-state index contributed by atoms with van der Waals surface area (Å²) in [6.07, 6.45) is 11.9. The van der Waals surface area contributed by atoms with Crippen LogP contribution < -0.4 is 10.6 Å². The molecule has 0 aromatic heterocycles. The number of carbonyl (C=O) groups is 1. The molecule has 0 aromatic carbocycles. The molecule has 5 nitrogen and oxygen atoms in total. The highest BCUT2D eigenvalue weighted by molar-refractivity contribution is 5.73. The highest BCUT2D eigenvalue weighted by atomic mass is 16.5. The van der Waals surface area contributed by atoms with Crippen LogP contribution in [0.1, 0.15) is 70.6 Å². The Labute approximate surface area is 140 Å². The summed E-state index contributed by atoms with van der Waals surface area (Å²) in [6, 6.07) is -0.147. The second-order valence-corrected chi connectivity index (χ2v) is 7.62. The Morgan fingerprint density at radius 1 is 0.957 bits per heavy atom. The molecule has 0 heterocycles. The van der Waals surface area contributed by atoms with Gasteiger partial charge in [0.1, 0.15) is 0 Å². The van der Waals surface area contributed by atoms with E-state index in [1.807, 2.05) is 0 Å². The normalized spacial score (nSPS) is 23.2. The Kier molecular flexibility index (Phi) is 7.15. The van der Waals surface area contributed by atoms with E-state index in [1.165, 1.54) is 38.5 Å². The fourth-order valence-corrected chi connectivity index (χ4v) is 4.10. The molecule has 2 amide bonds. The van der Waals surface area contributed by atoms with Gasteiger partial charge in [-0.1, -0.05) is 38.5 Å². The zero-order valence-corrected chi connectivity index (χ0v) is 14.7. The van der Waals surface area contributed by atoms with E-state index in [-0.39, 0.29) is 11.4 Å². The van der Waals surface area contributed by atoms with Crippen LogP contribution in [0.15, 0.2) is 0 Å². The van der Waals surface area contributed by atoms with Crippen molar-refractivity contribution in [3.63, 3.8) is 0 Å². The van der Waals surface area contributed by atoms with Crippen LogP contribution in [-0.4, -0.2) is 43.5 Å². The smallest absolute Gasteiger partial charge is 0.314 e. The summed E-state index contributed by atoms with van der Waals surface area (Å²) in [5, 5.41) is 16.5. The maximum absolute atomic E-state index is 12.1. The number of carbonyl (C=O) groups excluding carboxylic acids is 1. The second kappa shape index (κ2) is 8.88. The number of ether oxygens (including phenoxy) is 1. The van der Waals surface area contributed by atoms with Crippen molar-refractivity contribution in [2.45, 2.75) is 76.2 Å². The van der Waals surface area contributed by atoms with Gasteiger partial charge in [-0.3, -0.25) is 0 Å². The average molecular weight is 326 g/mol. The van der Waals surface area contributed by atoms with E-state index >= 15 is 0 Å². The molecule has 0 saturated heterocycles. The van der Waals surface area contributed by atoms with Crippen molar-refractivity contribution in [3.8, 4) is 0 Å². The molecule has 0 bridgehead atoms. The van der Waals surface area contributed by atoms with Crippen molar-refractivity contribution in [1.82, 2.24) is 10.6 Å².